The fourth-order valence-electron chi connectivity index (χ4n) is 2.23. The molecule has 0 aliphatic carbocycles. The highest BCUT2D eigenvalue weighted by Gasteiger charge is 2.08. The highest BCUT2D eigenvalue weighted by molar-refractivity contribution is 5.28. The number of rotatable bonds is 7. The van der Waals surface area contributed by atoms with Crippen LogP contribution in [0.5, 0.6) is 5.75 Å². The lowest BCUT2D eigenvalue weighted by Crippen LogP contribution is -2.23. The zero-order valence-corrected chi connectivity index (χ0v) is 12.3. The van der Waals surface area contributed by atoms with E-state index in [0.29, 0.717) is 6.54 Å². The zero-order chi connectivity index (χ0) is 14.9. The van der Waals surface area contributed by atoms with Gasteiger partial charge in [-0.15, -0.1) is 0 Å². The van der Waals surface area contributed by atoms with E-state index >= 15 is 0 Å². The zero-order valence-electron chi connectivity index (χ0n) is 12.3. The lowest BCUT2D eigenvalue weighted by Gasteiger charge is -2.11. The number of nitrogens with one attached hydrogen (secondary N) is 1. The van der Waals surface area contributed by atoms with Gasteiger partial charge in [-0.2, -0.15) is 5.26 Å². The minimum Gasteiger partial charge on any atom is -0.497 e. The second-order valence-electron chi connectivity index (χ2n) is 4.90. The maximum Gasteiger partial charge on any atom is 0.119 e. The maximum absolute atomic E-state index is 9.26. The van der Waals surface area contributed by atoms with Gasteiger partial charge < -0.3 is 10.1 Å². The van der Waals surface area contributed by atoms with Crippen molar-refractivity contribution in [2.75, 3.05) is 20.2 Å². The average molecular weight is 280 g/mol. The summed E-state index contributed by atoms with van der Waals surface area (Å²) in [7, 11) is 1.68. The summed E-state index contributed by atoms with van der Waals surface area (Å²) in [4.78, 5) is 0. The molecule has 1 atom stereocenters. The standard InChI is InChI=1S/C18H20N2O/c1-21-18-9-5-6-15(12-18)10-11-20-14-17(13-19)16-7-3-2-4-8-16/h2-9,12,17,20H,10-11,14H2,1H3. The summed E-state index contributed by atoms with van der Waals surface area (Å²) < 4.78 is 5.21. The Morgan fingerprint density at radius 1 is 1.14 bits per heavy atom. The number of hydrogen-bond donors (Lipinski definition) is 1. The van der Waals surface area contributed by atoms with E-state index in [2.05, 4.69) is 17.5 Å². The van der Waals surface area contributed by atoms with E-state index in [9.17, 15) is 5.26 Å². The Labute approximate surface area is 126 Å². The number of nitrogens with zero attached hydrogens (tertiary/aromatic N) is 1. The van der Waals surface area contributed by atoms with Crippen LogP contribution in [0.25, 0.3) is 0 Å². The quantitative estimate of drug-likeness (QED) is 0.792. The molecule has 0 radical (unpaired) electrons. The summed E-state index contributed by atoms with van der Waals surface area (Å²) in [5, 5.41) is 12.6. The molecule has 0 aliphatic rings. The number of ether oxygens (including phenoxy) is 1. The predicted molar refractivity (Wildman–Crippen MR) is 84.4 cm³/mol. The van der Waals surface area contributed by atoms with Crippen LogP contribution in [0.15, 0.2) is 54.6 Å². The monoisotopic (exact) mass is 280 g/mol. The molecular formula is C18H20N2O. The van der Waals surface area contributed by atoms with Crippen LogP contribution in [0.4, 0.5) is 0 Å². The average Bonchev–Trinajstić information content (AvgIpc) is 2.56. The molecule has 0 spiro atoms. The number of benzene rings is 2. The first-order chi connectivity index (χ1) is 10.3. The first-order valence-electron chi connectivity index (χ1n) is 7.11. The molecule has 0 bridgehead atoms. The summed E-state index contributed by atoms with van der Waals surface area (Å²) in [6.07, 6.45) is 0.921. The van der Waals surface area contributed by atoms with Gasteiger partial charge in [0, 0.05) is 6.54 Å². The third-order valence-electron chi connectivity index (χ3n) is 3.43. The van der Waals surface area contributed by atoms with E-state index < -0.39 is 0 Å². The molecule has 0 aliphatic heterocycles. The summed E-state index contributed by atoms with van der Waals surface area (Å²) in [5.74, 6) is 0.781. The molecule has 0 saturated carbocycles. The van der Waals surface area contributed by atoms with Crippen LogP contribution in [0.3, 0.4) is 0 Å². The van der Waals surface area contributed by atoms with Crippen molar-refractivity contribution >= 4 is 0 Å². The Morgan fingerprint density at radius 2 is 1.95 bits per heavy atom. The summed E-state index contributed by atoms with van der Waals surface area (Å²) in [6, 6.07) is 20.3. The topological polar surface area (TPSA) is 45.0 Å². The lowest BCUT2D eigenvalue weighted by molar-refractivity contribution is 0.414. The predicted octanol–water partition coefficient (Wildman–Crippen LogP) is 3.13. The molecule has 2 rings (SSSR count). The van der Waals surface area contributed by atoms with Gasteiger partial charge in [-0.3, -0.25) is 0 Å². The molecular weight excluding hydrogens is 260 g/mol. The van der Waals surface area contributed by atoms with Crippen molar-refractivity contribution in [3.05, 3.63) is 65.7 Å². The van der Waals surface area contributed by atoms with Crippen molar-refractivity contribution in [1.82, 2.24) is 5.32 Å². The molecule has 0 amide bonds. The van der Waals surface area contributed by atoms with E-state index in [1.165, 1.54) is 5.56 Å². The summed E-state index contributed by atoms with van der Waals surface area (Å²) in [5.41, 5.74) is 2.30. The summed E-state index contributed by atoms with van der Waals surface area (Å²) in [6.45, 7) is 1.52. The van der Waals surface area contributed by atoms with Gasteiger partial charge in [0.05, 0.1) is 19.1 Å². The van der Waals surface area contributed by atoms with Crippen LogP contribution in [-0.2, 0) is 6.42 Å². The first-order valence-corrected chi connectivity index (χ1v) is 7.11. The normalized spacial score (nSPS) is 11.6. The van der Waals surface area contributed by atoms with Crippen molar-refractivity contribution < 1.29 is 4.74 Å². The van der Waals surface area contributed by atoms with Gasteiger partial charge in [0.15, 0.2) is 0 Å². The van der Waals surface area contributed by atoms with E-state index in [1.807, 2.05) is 48.5 Å². The molecule has 0 aromatic heterocycles. The molecule has 108 valence electrons. The molecule has 0 saturated heterocycles. The van der Waals surface area contributed by atoms with Gasteiger partial charge in [0.1, 0.15) is 5.75 Å². The molecule has 0 fully saturated rings. The van der Waals surface area contributed by atoms with E-state index in [-0.39, 0.29) is 5.92 Å². The van der Waals surface area contributed by atoms with E-state index in [0.717, 1.165) is 24.3 Å². The van der Waals surface area contributed by atoms with Crippen LogP contribution >= 0.6 is 0 Å². The van der Waals surface area contributed by atoms with Crippen LogP contribution in [-0.4, -0.2) is 20.2 Å². The Bertz CT molecular complexity index is 590. The molecule has 1 N–H and O–H groups in total. The molecule has 2 aromatic carbocycles. The van der Waals surface area contributed by atoms with Crippen molar-refractivity contribution in [3.8, 4) is 11.8 Å². The molecule has 0 heterocycles. The van der Waals surface area contributed by atoms with Crippen LogP contribution in [0, 0.1) is 11.3 Å². The fraction of sp³-hybridized carbons (Fsp3) is 0.278. The van der Waals surface area contributed by atoms with E-state index in [4.69, 9.17) is 4.74 Å². The largest absolute Gasteiger partial charge is 0.497 e. The van der Waals surface area contributed by atoms with Gasteiger partial charge >= 0.3 is 0 Å². The molecule has 1 unspecified atom stereocenters. The van der Waals surface area contributed by atoms with Gasteiger partial charge in [-0.25, -0.2) is 0 Å². The minimum atomic E-state index is -0.100. The fourth-order valence-corrected chi connectivity index (χ4v) is 2.23. The smallest absolute Gasteiger partial charge is 0.119 e. The lowest BCUT2D eigenvalue weighted by atomic mass is 10.0. The third-order valence-corrected chi connectivity index (χ3v) is 3.43. The Kier molecular flexibility index (Phi) is 5.81. The van der Waals surface area contributed by atoms with Crippen molar-refractivity contribution in [1.29, 1.82) is 5.26 Å². The van der Waals surface area contributed by atoms with Crippen LogP contribution < -0.4 is 10.1 Å². The molecule has 3 heteroatoms. The minimum absolute atomic E-state index is 0.100. The Hall–Kier alpha value is -2.31. The second kappa shape index (κ2) is 8.08. The van der Waals surface area contributed by atoms with Gasteiger partial charge in [-0.05, 0) is 36.2 Å². The second-order valence-corrected chi connectivity index (χ2v) is 4.90. The maximum atomic E-state index is 9.26. The van der Waals surface area contributed by atoms with Crippen LogP contribution in [0.2, 0.25) is 0 Å². The number of nitriles is 1. The first kappa shape index (κ1) is 15.1. The van der Waals surface area contributed by atoms with Crippen molar-refractivity contribution in [2.45, 2.75) is 12.3 Å². The SMILES string of the molecule is COc1cccc(CCNCC(C#N)c2ccccc2)c1. The molecule has 21 heavy (non-hydrogen) atoms. The van der Waals surface area contributed by atoms with Crippen LogP contribution in [0.1, 0.15) is 17.0 Å². The number of hydrogen-bond acceptors (Lipinski definition) is 3. The highest BCUT2D eigenvalue weighted by atomic mass is 16.5. The van der Waals surface area contributed by atoms with Gasteiger partial charge in [0.25, 0.3) is 0 Å². The molecule has 3 nitrogen and oxygen atoms in total. The number of methoxy groups -OCH3 is 1. The van der Waals surface area contributed by atoms with Gasteiger partial charge in [0.2, 0.25) is 0 Å². The Morgan fingerprint density at radius 3 is 2.67 bits per heavy atom. The Balaban J connectivity index is 1.80. The summed E-state index contributed by atoms with van der Waals surface area (Å²) >= 11 is 0. The van der Waals surface area contributed by atoms with E-state index in [1.54, 1.807) is 7.11 Å². The highest BCUT2D eigenvalue weighted by Crippen LogP contribution is 2.14. The van der Waals surface area contributed by atoms with Crippen molar-refractivity contribution in [3.63, 3.8) is 0 Å². The molecule has 2 aromatic rings. The third kappa shape index (κ3) is 4.62. The van der Waals surface area contributed by atoms with Gasteiger partial charge in [-0.1, -0.05) is 42.5 Å². The van der Waals surface area contributed by atoms with Crippen molar-refractivity contribution in [2.24, 2.45) is 0 Å².